The minimum atomic E-state index is -0.885. The van der Waals surface area contributed by atoms with Gasteiger partial charge in [-0.2, -0.15) is 0 Å². The van der Waals surface area contributed by atoms with Crippen LogP contribution in [0.3, 0.4) is 0 Å². The van der Waals surface area contributed by atoms with Crippen molar-refractivity contribution in [2.24, 2.45) is 0 Å². The Bertz CT molecular complexity index is 602. The van der Waals surface area contributed by atoms with Gasteiger partial charge in [-0.1, -0.05) is 23.7 Å². The van der Waals surface area contributed by atoms with E-state index in [9.17, 15) is 14.0 Å². The Labute approximate surface area is 126 Å². The highest BCUT2D eigenvalue weighted by Gasteiger charge is 2.51. The SMILES string of the molecule is O=C1NC2(CCCNC2)C(=O)N1Cc1cccc(Cl)c1F. The maximum Gasteiger partial charge on any atom is 0.325 e. The van der Waals surface area contributed by atoms with E-state index in [0.717, 1.165) is 17.9 Å². The number of hydrogen-bond acceptors (Lipinski definition) is 3. The zero-order chi connectivity index (χ0) is 15.0. The third kappa shape index (κ3) is 2.38. The van der Waals surface area contributed by atoms with Crippen molar-refractivity contribution in [1.82, 2.24) is 15.5 Å². The summed E-state index contributed by atoms with van der Waals surface area (Å²) in [6, 6.07) is 4.06. The Balaban J connectivity index is 1.84. The van der Waals surface area contributed by atoms with Gasteiger partial charge in [0.25, 0.3) is 5.91 Å². The van der Waals surface area contributed by atoms with Crippen LogP contribution in [0.15, 0.2) is 18.2 Å². The molecule has 1 aromatic rings. The van der Waals surface area contributed by atoms with E-state index in [1.165, 1.54) is 12.1 Å². The van der Waals surface area contributed by atoms with Crippen LogP contribution in [0, 0.1) is 5.82 Å². The van der Waals surface area contributed by atoms with Gasteiger partial charge in [-0.05, 0) is 25.5 Å². The van der Waals surface area contributed by atoms with Gasteiger partial charge >= 0.3 is 6.03 Å². The molecule has 2 N–H and O–H groups in total. The molecule has 3 amide bonds. The van der Waals surface area contributed by atoms with Crippen LogP contribution in [0.1, 0.15) is 18.4 Å². The monoisotopic (exact) mass is 311 g/mol. The molecule has 0 saturated carbocycles. The molecule has 2 aliphatic heterocycles. The molecule has 0 bridgehead atoms. The fourth-order valence-electron chi connectivity index (χ4n) is 2.86. The summed E-state index contributed by atoms with van der Waals surface area (Å²) in [6.45, 7) is 1.12. The van der Waals surface area contributed by atoms with Crippen LogP contribution in [-0.2, 0) is 11.3 Å². The van der Waals surface area contributed by atoms with E-state index >= 15 is 0 Å². The Hall–Kier alpha value is -1.66. The average molecular weight is 312 g/mol. The maximum atomic E-state index is 13.9. The lowest BCUT2D eigenvalue weighted by molar-refractivity contribution is -0.132. The molecule has 1 aromatic carbocycles. The van der Waals surface area contributed by atoms with Gasteiger partial charge < -0.3 is 10.6 Å². The van der Waals surface area contributed by atoms with Crippen molar-refractivity contribution in [3.05, 3.63) is 34.6 Å². The predicted octanol–water partition coefficient (Wildman–Crippen LogP) is 1.65. The van der Waals surface area contributed by atoms with Crippen molar-refractivity contribution < 1.29 is 14.0 Å². The lowest BCUT2D eigenvalue weighted by Crippen LogP contribution is -2.57. The number of carbonyl (C=O) groups excluding carboxylic acids is 2. The number of urea groups is 1. The first-order chi connectivity index (χ1) is 10.0. The second-order valence-electron chi connectivity index (χ2n) is 5.40. The summed E-state index contributed by atoms with van der Waals surface area (Å²) < 4.78 is 13.9. The number of nitrogens with zero attached hydrogens (tertiary/aromatic N) is 1. The number of nitrogens with one attached hydrogen (secondary N) is 2. The average Bonchev–Trinajstić information content (AvgIpc) is 2.69. The molecule has 3 rings (SSSR count). The number of halogens is 2. The van der Waals surface area contributed by atoms with E-state index < -0.39 is 17.4 Å². The molecular formula is C14H15ClFN3O2. The number of carbonyl (C=O) groups is 2. The van der Waals surface area contributed by atoms with Crippen molar-refractivity contribution in [2.75, 3.05) is 13.1 Å². The zero-order valence-electron chi connectivity index (χ0n) is 11.3. The molecule has 1 unspecified atom stereocenters. The smallest absolute Gasteiger partial charge is 0.322 e. The molecule has 1 atom stereocenters. The highest BCUT2D eigenvalue weighted by Crippen LogP contribution is 2.27. The van der Waals surface area contributed by atoms with E-state index in [1.807, 2.05) is 0 Å². The fourth-order valence-corrected chi connectivity index (χ4v) is 3.05. The molecule has 7 heteroatoms. The Morgan fingerprint density at radius 3 is 2.90 bits per heavy atom. The topological polar surface area (TPSA) is 61.4 Å². The third-order valence-electron chi connectivity index (χ3n) is 3.99. The van der Waals surface area contributed by atoms with Gasteiger partial charge in [-0.25, -0.2) is 9.18 Å². The normalized spacial score (nSPS) is 25.5. The van der Waals surface area contributed by atoms with Gasteiger partial charge in [-0.15, -0.1) is 0 Å². The van der Waals surface area contributed by atoms with Crippen LogP contribution in [0.25, 0.3) is 0 Å². The first-order valence-corrected chi connectivity index (χ1v) is 7.19. The first-order valence-electron chi connectivity index (χ1n) is 6.81. The predicted molar refractivity (Wildman–Crippen MR) is 75.3 cm³/mol. The van der Waals surface area contributed by atoms with Crippen molar-refractivity contribution in [2.45, 2.75) is 24.9 Å². The molecule has 5 nitrogen and oxygen atoms in total. The zero-order valence-corrected chi connectivity index (χ0v) is 12.0. The summed E-state index contributed by atoms with van der Waals surface area (Å²) in [5, 5.41) is 5.84. The summed E-state index contributed by atoms with van der Waals surface area (Å²) in [5.74, 6) is -0.901. The van der Waals surface area contributed by atoms with Crippen molar-refractivity contribution in [1.29, 1.82) is 0 Å². The summed E-state index contributed by atoms with van der Waals surface area (Å²) in [5.41, 5.74) is -0.656. The Morgan fingerprint density at radius 2 is 2.19 bits per heavy atom. The summed E-state index contributed by atoms with van der Waals surface area (Å²) in [4.78, 5) is 25.7. The first kappa shape index (κ1) is 14.3. The van der Waals surface area contributed by atoms with Gasteiger partial charge in [0.1, 0.15) is 11.4 Å². The summed E-state index contributed by atoms with van der Waals surface area (Å²) >= 11 is 5.73. The molecular weight excluding hydrogens is 297 g/mol. The summed E-state index contributed by atoms with van der Waals surface area (Å²) in [7, 11) is 0. The number of imide groups is 1. The quantitative estimate of drug-likeness (QED) is 0.817. The molecule has 2 fully saturated rings. The number of benzene rings is 1. The van der Waals surface area contributed by atoms with E-state index in [4.69, 9.17) is 11.6 Å². The van der Waals surface area contributed by atoms with Crippen LogP contribution in [0.2, 0.25) is 5.02 Å². The molecule has 0 aliphatic carbocycles. The maximum absolute atomic E-state index is 13.9. The van der Waals surface area contributed by atoms with Crippen molar-refractivity contribution in [3.8, 4) is 0 Å². The fraction of sp³-hybridized carbons (Fsp3) is 0.429. The van der Waals surface area contributed by atoms with Crippen molar-refractivity contribution in [3.63, 3.8) is 0 Å². The molecule has 2 heterocycles. The second kappa shape index (κ2) is 5.27. The van der Waals surface area contributed by atoms with E-state index in [2.05, 4.69) is 10.6 Å². The Morgan fingerprint density at radius 1 is 1.38 bits per heavy atom. The van der Waals surface area contributed by atoms with Gasteiger partial charge in [0.05, 0.1) is 11.6 Å². The minimum Gasteiger partial charge on any atom is -0.322 e. The second-order valence-corrected chi connectivity index (χ2v) is 5.80. The highest BCUT2D eigenvalue weighted by atomic mass is 35.5. The van der Waals surface area contributed by atoms with Crippen LogP contribution < -0.4 is 10.6 Å². The van der Waals surface area contributed by atoms with Gasteiger partial charge in [0.15, 0.2) is 0 Å². The van der Waals surface area contributed by atoms with Gasteiger partial charge in [0.2, 0.25) is 0 Å². The van der Waals surface area contributed by atoms with E-state index in [0.29, 0.717) is 13.0 Å². The van der Waals surface area contributed by atoms with Gasteiger partial charge in [-0.3, -0.25) is 9.69 Å². The molecule has 112 valence electrons. The van der Waals surface area contributed by atoms with Crippen LogP contribution in [-0.4, -0.2) is 35.5 Å². The van der Waals surface area contributed by atoms with Crippen LogP contribution in [0.5, 0.6) is 0 Å². The van der Waals surface area contributed by atoms with Crippen molar-refractivity contribution >= 4 is 23.5 Å². The summed E-state index contributed by atoms with van der Waals surface area (Å²) in [6.07, 6.45) is 1.41. The molecule has 1 spiro atoms. The molecule has 2 aliphatic rings. The van der Waals surface area contributed by atoms with Crippen LogP contribution in [0.4, 0.5) is 9.18 Å². The van der Waals surface area contributed by atoms with E-state index in [1.54, 1.807) is 6.07 Å². The molecule has 0 aromatic heterocycles. The number of rotatable bonds is 2. The third-order valence-corrected chi connectivity index (χ3v) is 4.28. The minimum absolute atomic E-state index is 0.0198. The molecule has 2 saturated heterocycles. The van der Waals surface area contributed by atoms with Crippen LogP contribution >= 0.6 is 11.6 Å². The largest absolute Gasteiger partial charge is 0.325 e. The standard InChI is InChI=1S/C14H15ClFN3O2/c15-10-4-1-3-9(11(10)16)7-19-12(20)14(18-13(19)21)5-2-6-17-8-14/h1,3-4,17H,2,5-8H2,(H,18,21). The lowest BCUT2D eigenvalue weighted by atomic mass is 9.90. The number of hydrogen-bond donors (Lipinski definition) is 2. The Kier molecular flexibility index (Phi) is 3.59. The highest BCUT2D eigenvalue weighted by molar-refractivity contribution is 6.30. The molecule has 0 radical (unpaired) electrons. The molecule has 21 heavy (non-hydrogen) atoms. The van der Waals surface area contributed by atoms with E-state index in [-0.39, 0.29) is 23.0 Å². The number of amides is 3. The lowest BCUT2D eigenvalue weighted by Gasteiger charge is -2.31. The van der Waals surface area contributed by atoms with Gasteiger partial charge in [0, 0.05) is 12.1 Å². The number of piperidine rings is 1.